The monoisotopic (exact) mass is 269 g/mol. The van der Waals surface area contributed by atoms with Crippen molar-refractivity contribution in [2.45, 2.75) is 19.8 Å². The number of fused-ring (bicyclic) bond motifs is 1. The van der Waals surface area contributed by atoms with E-state index in [-0.39, 0.29) is 5.28 Å². The van der Waals surface area contributed by atoms with Crippen LogP contribution in [0.5, 0.6) is 0 Å². The molecule has 6 nitrogen and oxygen atoms in total. The Morgan fingerprint density at radius 2 is 2.28 bits per heavy atom. The van der Waals surface area contributed by atoms with E-state index in [0.717, 1.165) is 38.0 Å². The molecule has 2 N–H and O–H groups in total. The molecule has 0 aliphatic carbocycles. The molecule has 2 aromatic rings. The van der Waals surface area contributed by atoms with Crippen LogP contribution < -0.4 is 5.32 Å². The molecule has 2 rings (SSSR count). The van der Waals surface area contributed by atoms with Gasteiger partial charge in [-0.1, -0.05) is 6.92 Å². The minimum absolute atomic E-state index is 0.205. The average Bonchev–Trinajstić information content (AvgIpc) is 2.81. The summed E-state index contributed by atoms with van der Waals surface area (Å²) in [4.78, 5) is 8.19. The number of aromatic amines is 1. The van der Waals surface area contributed by atoms with Crippen LogP contribution in [0.1, 0.15) is 19.8 Å². The third-order valence-corrected chi connectivity index (χ3v) is 2.56. The molecule has 0 aromatic carbocycles. The first kappa shape index (κ1) is 13.0. The fourth-order valence-electron chi connectivity index (χ4n) is 1.57. The molecule has 0 aliphatic heterocycles. The summed E-state index contributed by atoms with van der Waals surface area (Å²) in [6.07, 6.45) is 3.65. The largest absolute Gasteiger partial charge is 0.381 e. The third-order valence-electron chi connectivity index (χ3n) is 2.39. The highest BCUT2D eigenvalue weighted by atomic mass is 35.5. The second-order valence-electron chi connectivity index (χ2n) is 3.87. The molecule has 2 aromatic heterocycles. The van der Waals surface area contributed by atoms with Crippen molar-refractivity contribution in [3.63, 3.8) is 0 Å². The summed E-state index contributed by atoms with van der Waals surface area (Å²) in [5, 5.41) is 11.0. The number of ether oxygens (including phenoxy) is 1. The van der Waals surface area contributed by atoms with Crippen LogP contribution in [0.3, 0.4) is 0 Å². The van der Waals surface area contributed by atoms with Crippen molar-refractivity contribution in [1.82, 2.24) is 20.2 Å². The fourth-order valence-corrected chi connectivity index (χ4v) is 1.74. The number of rotatable bonds is 7. The molecular weight excluding hydrogens is 254 g/mol. The van der Waals surface area contributed by atoms with Crippen LogP contribution in [0.2, 0.25) is 5.28 Å². The molecule has 2 heterocycles. The van der Waals surface area contributed by atoms with Crippen molar-refractivity contribution < 1.29 is 4.74 Å². The van der Waals surface area contributed by atoms with Crippen LogP contribution >= 0.6 is 11.6 Å². The lowest BCUT2D eigenvalue weighted by Crippen LogP contribution is -2.08. The van der Waals surface area contributed by atoms with Crippen molar-refractivity contribution >= 4 is 28.5 Å². The number of anilines is 1. The van der Waals surface area contributed by atoms with Gasteiger partial charge in [-0.15, -0.1) is 0 Å². The van der Waals surface area contributed by atoms with E-state index < -0.39 is 0 Å². The predicted octanol–water partition coefficient (Wildman–Crippen LogP) is 2.23. The maximum absolute atomic E-state index is 5.83. The van der Waals surface area contributed by atoms with E-state index in [1.54, 1.807) is 6.20 Å². The summed E-state index contributed by atoms with van der Waals surface area (Å²) in [5.74, 6) is 0.703. The average molecular weight is 270 g/mol. The van der Waals surface area contributed by atoms with Gasteiger partial charge in [-0.2, -0.15) is 15.1 Å². The molecule has 0 saturated carbocycles. The van der Waals surface area contributed by atoms with Gasteiger partial charge in [0, 0.05) is 19.8 Å². The molecule has 0 spiro atoms. The number of halogens is 1. The first-order valence-corrected chi connectivity index (χ1v) is 6.37. The molecule has 0 atom stereocenters. The molecule has 7 heteroatoms. The second kappa shape index (κ2) is 6.51. The van der Waals surface area contributed by atoms with E-state index in [1.807, 2.05) is 0 Å². The van der Waals surface area contributed by atoms with Gasteiger partial charge in [0.05, 0.1) is 11.6 Å². The molecule has 0 bridgehead atoms. The summed E-state index contributed by atoms with van der Waals surface area (Å²) in [5.41, 5.74) is 0.639. The lowest BCUT2D eigenvalue weighted by Gasteiger charge is -2.06. The zero-order valence-corrected chi connectivity index (χ0v) is 11.0. The van der Waals surface area contributed by atoms with Gasteiger partial charge >= 0.3 is 0 Å². The van der Waals surface area contributed by atoms with Gasteiger partial charge in [0.15, 0.2) is 5.65 Å². The maximum Gasteiger partial charge on any atom is 0.226 e. The van der Waals surface area contributed by atoms with Gasteiger partial charge in [-0.3, -0.25) is 5.10 Å². The van der Waals surface area contributed by atoms with Crippen LogP contribution in [0, 0.1) is 0 Å². The van der Waals surface area contributed by atoms with Gasteiger partial charge in [0.25, 0.3) is 0 Å². The maximum atomic E-state index is 5.83. The Hall–Kier alpha value is -1.40. The summed E-state index contributed by atoms with van der Waals surface area (Å²) in [6, 6.07) is 0. The standard InChI is InChI=1S/C11H16ClN5O/c1-2-5-18-6-3-4-13-9-8-7-14-17-10(8)16-11(12)15-9/h7H,2-6H2,1H3,(H2,13,14,15,16,17). The van der Waals surface area contributed by atoms with Crippen molar-refractivity contribution in [2.75, 3.05) is 25.1 Å². The SMILES string of the molecule is CCCOCCCNc1nc(Cl)nc2[nH]ncc12. The van der Waals surface area contributed by atoms with Crippen LogP contribution in [0.4, 0.5) is 5.82 Å². The summed E-state index contributed by atoms with van der Waals surface area (Å²) < 4.78 is 5.40. The number of aromatic nitrogens is 4. The van der Waals surface area contributed by atoms with Crippen molar-refractivity contribution in [1.29, 1.82) is 0 Å². The van der Waals surface area contributed by atoms with Crippen LogP contribution in [0.15, 0.2) is 6.20 Å². The molecular formula is C11H16ClN5O. The molecule has 98 valence electrons. The number of hydrogen-bond donors (Lipinski definition) is 2. The molecule has 18 heavy (non-hydrogen) atoms. The van der Waals surface area contributed by atoms with Crippen LogP contribution in [-0.4, -0.2) is 39.9 Å². The minimum atomic E-state index is 0.205. The Kier molecular flexibility index (Phi) is 4.72. The zero-order valence-electron chi connectivity index (χ0n) is 10.2. The van der Waals surface area contributed by atoms with E-state index in [1.165, 1.54) is 0 Å². The van der Waals surface area contributed by atoms with Crippen molar-refractivity contribution in [3.8, 4) is 0 Å². The number of nitrogens with zero attached hydrogens (tertiary/aromatic N) is 3. The zero-order chi connectivity index (χ0) is 12.8. The normalized spacial score (nSPS) is 11.0. The Morgan fingerprint density at radius 3 is 3.11 bits per heavy atom. The number of nitrogens with one attached hydrogen (secondary N) is 2. The van der Waals surface area contributed by atoms with Gasteiger partial charge in [0.1, 0.15) is 5.82 Å². The summed E-state index contributed by atoms with van der Waals surface area (Å²) >= 11 is 5.83. The highest BCUT2D eigenvalue weighted by molar-refractivity contribution is 6.28. The Labute approximate surface area is 110 Å². The summed E-state index contributed by atoms with van der Waals surface area (Å²) in [7, 11) is 0. The first-order chi connectivity index (χ1) is 8.81. The lowest BCUT2D eigenvalue weighted by molar-refractivity contribution is 0.134. The number of hydrogen-bond acceptors (Lipinski definition) is 5. The molecule has 0 radical (unpaired) electrons. The minimum Gasteiger partial charge on any atom is -0.381 e. The predicted molar refractivity (Wildman–Crippen MR) is 70.9 cm³/mol. The van der Waals surface area contributed by atoms with E-state index >= 15 is 0 Å². The Bertz CT molecular complexity index is 501. The van der Waals surface area contributed by atoms with Gasteiger partial charge in [-0.25, -0.2) is 0 Å². The van der Waals surface area contributed by atoms with Crippen molar-refractivity contribution in [2.24, 2.45) is 0 Å². The third kappa shape index (κ3) is 3.30. The fraction of sp³-hybridized carbons (Fsp3) is 0.545. The quantitative estimate of drug-likeness (QED) is 0.595. The topological polar surface area (TPSA) is 75.7 Å². The Morgan fingerprint density at radius 1 is 1.39 bits per heavy atom. The molecule has 0 amide bonds. The first-order valence-electron chi connectivity index (χ1n) is 5.99. The molecule has 0 unspecified atom stereocenters. The molecule has 0 aliphatic rings. The van der Waals surface area contributed by atoms with Crippen molar-refractivity contribution in [3.05, 3.63) is 11.5 Å². The highest BCUT2D eigenvalue weighted by Gasteiger charge is 2.07. The van der Waals surface area contributed by atoms with E-state index in [9.17, 15) is 0 Å². The lowest BCUT2D eigenvalue weighted by atomic mass is 10.3. The smallest absolute Gasteiger partial charge is 0.226 e. The molecule has 0 saturated heterocycles. The van der Waals surface area contributed by atoms with Crippen LogP contribution in [0.25, 0.3) is 11.0 Å². The Balaban J connectivity index is 1.89. The molecule has 0 fully saturated rings. The van der Waals surface area contributed by atoms with Crippen LogP contribution in [-0.2, 0) is 4.74 Å². The van der Waals surface area contributed by atoms with E-state index in [2.05, 4.69) is 32.4 Å². The van der Waals surface area contributed by atoms with E-state index in [4.69, 9.17) is 16.3 Å². The second-order valence-corrected chi connectivity index (χ2v) is 4.20. The van der Waals surface area contributed by atoms with Gasteiger partial charge in [0.2, 0.25) is 5.28 Å². The van der Waals surface area contributed by atoms with E-state index in [0.29, 0.717) is 11.5 Å². The van der Waals surface area contributed by atoms with Gasteiger partial charge in [-0.05, 0) is 24.4 Å². The summed E-state index contributed by atoms with van der Waals surface area (Å²) in [6.45, 7) is 4.42. The van der Waals surface area contributed by atoms with Gasteiger partial charge < -0.3 is 10.1 Å². The number of H-pyrrole nitrogens is 1. The highest BCUT2D eigenvalue weighted by Crippen LogP contribution is 2.19.